The Kier molecular flexibility index (Phi) is 2.90. The molecule has 0 amide bonds. The van der Waals surface area contributed by atoms with E-state index in [0.29, 0.717) is 18.9 Å². The maximum atomic E-state index is 8.72. The van der Waals surface area contributed by atoms with Gasteiger partial charge in [-0.2, -0.15) is 5.26 Å². The summed E-state index contributed by atoms with van der Waals surface area (Å²) >= 11 is 0. The number of rotatable bonds is 1. The Morgan fingerprint density at radius 3 is 2.50 bits per heavy atom. The third kappa shape index (κ3) is 2.05. The first-order valence-corrected chi connectivity index (χ1v) is 6.20. The van der Waals surface area contributed by atoms with E-state index in [1.807, 2.05) is 12.1 Å². The van der Waals surface area contributed by atoms with Gasteiger partial charge in [0, 0.05) is 25.9 Å². The van der Waals surface area contributed by atoms with Crippen LogP contribution in [-0.4, -0.2) is 37.1 Å². The molecule has 5 heteroatoms. The van der Waals surface area contributed by atoms with Crippen molar-refractivity contribution in [2.75, 3.05) is 31.2 Å². The molecule has 0 aromatic carbocycles. The quantitative estimate of drug-likeness (QED) is 0.746. The van der Waals surface area contributed by atoms with Crippen molar-refractivity contribution in [3.8, 4) is 6.07 Å². The molecule has 2 saturated heterocycles. The fourth-order valence-corrected chi connectivity index (χ4v) is 2.53. The fraction of sp³-hybridized carbons (Fsp3) is 0.538. The van der Waals surface area contributed by atoms with Gasteiger partial charge in [0.1, 0.15) is 11.8 Å². The van der Waals surface area contributed by atoms with Gasteiger partial charge >= 0.3 is 0 Å². The second-order valence-corrected chi connectivity index (χ2v) is 4.61. The Morgan fingerprint density at radius 1 is 1.22 bits per heavy atom. The van der Waals surface area contributed by atoms with Crippen LogP contribution in [0.1, 0.15) is 18.5 Å². The Labute approximate surface area is 106 Å². The van der Waals surface area contributed by atoms with Gasteiger partial charge in [0.15, 0.2) is 5.79 Å². The molecule has 1 aromatic rings. The number of piperidine rings is 1. The van der Waals surface area contributed by atoms with Crippen LogP contribution in [0.4, 0.5) is 5.69 Å². The van der Waals surface area contributed by atoms with Gasteiger partial charge in [0.2, 0.25) is 0 Å². The minimum atomic E-state index is -0.337. The van der Waals surface area contributed by atoms with E-state index in [9.17, 15) is 0 Å². The molecule has 0 N–H and O–H groups in total. The summed E-state index contributed by atoms with van der Waals surface area (Å²) in [6.45, 7) is 3.21. The SMILES string of the molecule is N#Cc1ccc(N2CCC3(CC2)OCCO3)cn1. The highest BCUT2D eigenvalue weighted by Crippen LogP contribution is 2.32. The summed E-state index contributed by atoms with van der Waals surface area (Å²) < 4.78 is 11.4. The van der Waals surface area contributed by atoms with E-state index in [1.54, 1.807) is 12.3 Å². The van der Waals surface area contributed by atoms with Crippen LogP contribution in [0.15, 0.2) is 18.3 Å². The first-order chi connectivity index (χ1) is 8.81. The highest BCUT2D eigenvalue weighted by Gasteiger charge is 2.39. The molecule has 0 saturated carbocycles. The lowest BCUT2D eigenvalue weighted by Crippen LogP contribution is -2.45. The molecule has 0 atom stereocenters. The summed E-state index contributed by atoms with van der Waals surface area (Å²) in [7, 11) is 0. The lowest BCUT2D eigenvalue weighted by Gasteiger charge is -2.38. The summed E-state index contributed by atoms with van der Waals surface area (Å²) in [6.07, 6.45) is 3.52. The van der Waals surface area contributed by atoms with E-state index in [-0.39, 0.29) is 5.79 Å². The first kappa shape index (κ1) is 11.5. The number of nitrogens with zero attached hydrogens (tertiary/aromatic N) is 3. The Morgan fingerprint density at radius 2 is 1.94 bits per heavy atom. The van der Waals surface area contributed by atoms with E-state index in [1.165, 1.54) is 0 Å². The van der Waals surface area contributed by atoms with Crippen LogP contribution in [0.5, 0.6) is 0 Å². The van der Waals surface area contributed by atoms with Gasteiger partial charge < -0.3 is 14.4 Å². The Balaban J connectivity index is 1.66. The molecule has 2 aliphatic heterocycles. The van der Waals surface area contributed by atoms with Crippen LogP contribution < -0.4 is 4.90 Å². The third-order valence-electron chi connectivity index (χ3n) is 3.57. The summed E-state index contributed by atoms with van der Waals surface area (Å²) in [5.74, 6) is -0.337. The molecular weight excluding hydrogens is 230 g/mol. The Bertz CT molecular complexity index is 450. The summed E-state index contributed by atoms with van der Waals surface area (Å²) in [6, 6.07) is 5.72. The van der Waals surface area contributed by atoms with Gasteiger partial charge in [0.05, 0.1) is 25.1 Å². The van der Waals surface area contributed by atoms with Crippen molar-refractivity contribution in [1.29, 1.82) is 5.26 Å². The molecule has 2 fully saturated rings. The number of pyridine rings is 1. The van der Waals surface area contributed by atoms with Crippen molar-refractivity contribution in [2.45, 2.75) is 18.6 Å². The van der Waals surface area contributed by atoms with Crippen molar-refractivity contribution < 1.29 is 9.47 Å². The number of ether oxygens (including phenoxy) is 2. The second-order valence-electron chi connectivity index (χ2n) is 4.61. The lowest BCUT2D eigenvalue weighted by molar-refractivity contribution is -0.169. The summed E-state index contributed by atoms with van der Waals surface area (Å²) in [5.41, 5.74) is 1.51. The molecule has 0 bridgehead atoms. The highest BCUT2D eigenvalue weighted by molar-refractivity contribution is 5.46. The summed E-state index contributed by atoms with van der Waals surface area (Å²) in [5, 5.41) is 8.72. The molecule has 1 aromatic heterocycles. The zero-order valence-electron chi connectivity index (χ0n) is 10.1. The molecule has 1 spiro atoms. The molecule has 2 aliphatic rings. The molecular formula is C13H15N3O2. The van der Waals surface area contributed by atoms with Crippen LogP contribution in [0.25, 0.3) is 0 Å². The van der Waals surface area contributed by atoms with Gasteiger partial charge in [-0.25, -0.2) is 4.98 Å². The van der Waals surface area contributed by atoms with Gasteiger partial charge in [0.25, 0.3) is 0 Å². The average molecular weight is 245 g/mol. The molecule has 0 unspecified atom stereocenters. The lowest BCUT2D eigenvalue weighted by atomic mass is 10.0. The zero-order valence-corrected chi connectivity index (χ0v) is 10.1. The van der Waals surface area contributed by atoms with Gasteiger partial charge in [-0.1, -0.05) is 0 Å². The van der Waals surface area contributed by atoms with Crippen molar-refractivity contribution in [3.63, 3.8) is 0 Å². The van der Waals surface area contributed by atoms with E-state index in [0.717, 1.165) is 31.6 Å². The predicted octanol–water partition coefficient (Wildman–Crippen LogP) is 1.30. The van der Waals surface area contributed by atoms with Crippen molar-refractivity contribution in [3.05, 3.63) is 24.0 Å². The van der Waals surface area contributed by atoms with Crippen LogP contribution in [-0.2, 0) is 9.47 Å². The third-order valence-corrected chi connectivity index (χ3v) is 3.57. The maximum absolute atomic E-state index is 8.72. The molecule has 18 heavy (non-hydrogen) atoms. The summed E-state index contributed by atoms with van der Waals surface area (Å²) in [4.78, 5) is 6.35. The van der Waals surface area contributed by atoms with E-state index >= 15 is 0 Å². The average Bonchev–Trinajstić information content (AvgIpc) is 2.88. The number of hydrogen-bond donors (Lipinski definition) is 0. The molecule has 94 valence electrons. The molecule has 5 nitrogen and oxygen atoms in total. The van der Waals surface area contributed by atoms with Gasteiger partial charge in [-0.3, -0.25) is 0 Å². The van der Waals surface area contributed by atoms with E-state index in [4.69, 9.17) is 14.7 Å². The molecule has 3 heterocycles. The normalized spacial score (nSPS) is 22.1. The van der Waals surface area contributed by atoms with Crippen molar-refractivity contribution >= 4 is 5.69 Å². The topological polar surface area (TPSA) is 58.4 Å². The molecule has 0 aliphatic carbocycles. The minimum Gasteiger partial charge on any atom is -0.370 e. The maximum Gasteiger partial charge on any atom is 0.171 e. The standard InChI is InChI=1S/C13H15N3O2/c14-9-11-1-2-12(10-15-11)16-5-3-13(4-6-16)17-7-8-18-13/h1-2,10H,3-8H2. The first-order valence-electron chi connectivity index (χ1n) is 6.20. The van der Waals surface area contributed by atoms with Gasteiger partial charge in [-0.05, 0) is 12.1 Å². The van der Waals surface area contributed by atoms with E-state index < -0.39 is 0 Å². The monoisotopic (exact) mass is 245 g/mol. The largest absolute Gasteiger partial charge is 0.370 e. The Hall–Kier alpha value is -1.64. The second kappa shape index (κ2) is 4.56. The van der Waals surface area contributed by atoms with Crippen LogP contribution in [0, 0.1) is 11.3 Å². The predicted molar refractivity (Wildman–Crippen MR) is 65.0 cm³/mol. The number of nitriles is 1. The van der Waals surface area contributed by atoms with Crippen LogP contribution >= 0.6 is 0 Å². The molecule has 0 radical (unpaired) electrons. The minimum absolute atomic E-state index is 0.337. The number of anilines is 1. The van der Waals surface area contributed by atoms with E-state index in [2.05, 4.69) is 9.88 Å². The van der Waals surface area contributed by atoms with Crippen molar-refractivity contribution in [1.82, 2.24) is 4.98 Å². The van der Waals surface area contributed by atoms with Crippen molar-refractivity contribution in [2.24, 2.45) is 0 Å². The number of aromatic nitrogens is 1. The van der Waals surface area contributed by atoms with Crippen LogP contribution in [0.2, 0.25) is 0 Å². The van der Waals surface area contributed by atoms with Crippen LogP contribution in [0.3, 0.4) is 0 Å². The smallest absolute Gasteiger partial charge is 0.171 e. The number of hydrogen-bond acceptors (Lipinski definition) is 5. The fourth-order valence-electron chi connectivity index (χ4n) is 2.53. The molecule has 3 rings (SSSR count). The zero-order chi connectivity index (χ0) is 12.4. The van der Waals surface area contributed by atoms with Gasteiger partial charge in [-0.15, -0.1) is 0 Å². The highest BCUT2D eigenvalue weighted by atomic mass is 16.7.